The summed E-state index contributed by atoms with van der Waals surface area (Å²) in [6, 6.07) is 0. The lowest BCUT2D eigenvalue weighted by Crippen LogP contribution is -2.39. The van der Waals surface area contributed by atoms with E-state index in [-0.39, 0.29) is 6.10 Å². The molecule has 0 aliphatic heterocycles. The lowest BCUT2D eigenvalue weighted by atomic mass is 9.63. The second-order valence-corrected chi connectivity index (χ2v) is 8.40. The normalized spacial score (nSPS) is 47.5. The highest BCUT2D eigenvalue weighted by Crippen LogP contribution is 2.46. The van der Waals surface area contributed by atoms with Crippen LogP contribution in [0.4, 0.5) is 0 Å². The van der Waals surface area contributed by atoms with Gasteiger partial charge in [-0.15, -0.1) is 0 Å². The van der Waals surface area contributed by atoms with Gasteiger partial charge in [-0.3, -0.25) is 0 Å². The zero-order valence-corrected chi connectivity index (χ0v) is 13.6. The van der Waals surface area contributed by atoms with Crippen LogP contribution in [0, 0.1) is 35.5 Å². The Morgan fingerprint density at radius 1 is 0.700 bits per heavy atom. The van der Waals surface area contributed by atoms with Crippen molar-refractivity contribution >= 4 is 0 Å². The molecule has 3 saturated carbocycles. The minimum absolute atomic E-state index is 0.00725. The summed E-state index contributed by atoms with van der Waals surface area (Å²) in [5.41, 5.74) is 0. The van der Waals surface area contributed by atoms with Crippen LogP contribution in [0.25, 0.3) is 0 Å². The number of rotatable bonds is 2. The molecule has 0 saturated heterocycles. The van der Waals surface area contributed by atoms with Crippen molar-refractivity contribution in [3.8, 4) is 0 Å². The fraction of sp³-hybridized carbons (Fsp3) is 1.00. The van der Waals surface area contributed by atoms with E-state index in [0.29, 0.717) is 11.8 Å². The van der Waals surface area contributed by atoms with Gasteiger partial charge in [0.15, 0.2) is 0 Å². The lowest BCUT2D eigenvalue weighted by molar-refractivity contribution is -0.0208. The van der Waals surface area contributed by atoms with E-state index in [1.807, 2.05) is 0 Å². The van der Waals surface area contributed by atoms with Crippen molar-refractivity contribution in [2.24, 2.45) is 35.5 Å². The summed E-state index contributed by atoms with van der Waals surface area (Å²) < 4.78 is 0. The number of aliphatic hydroxyl groups excluding tert-OH is 1. The van der Waals surface area contributed by atoms with Crippen LogP contribution in [0.3, 0.4) is 0 Å². The molecule has 1 heteroatoms. The van der Waals surface area contributed by atoms with Gasteiger partial charge in [-0.25, -0.2) is 0 Å². The van der Waals surface area contributed by atoms with Crippen molar-refractivity contribution in [3.63, 3.8) is 0 Å². The first kappa shape index (κ1) is 14.9. The molecule has 0 radical (unpaired) electrons. The van der Waals surface area contributed by atoms with Crippen molar-refractivity contribution in [1.29, 1.82) is 0 Å². The summed E-state index contributed by atoms with van der Waals surface area (Å²) in [7, 11) is 0. The van der Waals surface area contributed by atoms with Crippen LogP contribution in [0.1, 0.15) is 78.1 Å². The van der Waals surface area contributed by atoms with Crippen LogP contribution in [0.5, 0.6) is 0 Å². The molecule has 7 unspecified atom stereocenters. The molecule has 3 aliphatic carbocycles. The predicted octanol–water partition coefficient (Wildman–Crippen LogP) is 5.03. The number of fused-ring (bicyclic) bond motifs is 1. The summed E-state index contributed by atoms with van der Waals surface area (Å²) in [6.07, 6.45) is 13.8. The molecular weight excluding hydrogens is 244 g/mol. The van der Waals surface area contributed by atoms with E-state index in [2.05, 4.69) is 13.8 Å². The van der Waals surface area contributed by atoms with Crippen LogP contribution in [0.2, 0.25) is 0 Å². The molecule has 3 aliphatic rings. The Bertz CT molecular complexity index is 313. The van der Waals surface area contributed by atoms with E-state index in [0.717, 1.165) is 23.7 Å². The highest BCUT2D eigenvalue weighted by atomic mass is 16.3. The van der Waals surface area contributed by atoms with Crippen molar-refractivity contribution in [2.75, 3.05) is 0 Å². The number of hydrogen-bond donors (Lipinski definition) is 1. The molecule has 0 amide bonds. The van der Waals surface area contributed by atoms with Gasteiger partial charge in [0.25, 0.3) is 0 Å². The predicted molar refractivity (Wildman–Crippen MR) is 84.5 cm³/mol. The zero-order chi connectivity index (χ0) is 14.1. The summed E-state index contributed by atoms with van der Waals surface area (Å²) in [5.74, 6) is 4.88. The molecule has 0 bridgehead atoms. The topological polar surface area (TPSA) is 20.2 Å². The van der Waals surface area contributed by atoms with Gasteiger partial charge in [0.05, 0.1) is 6.10 Å². The van der Waals surface area contributed by atoms with Crippen LogP contribution in [0.15, 0.2) is 0 Å². The monoisotopic (exact) mass is 278 g/mol. The maximum Gasteiger partial charge on any atom is 0.0596 e. The average Bonchev–Trinajstić information content (AvgIpc) is 2.49. The van der Waals surface area contributed by atoms with Crippen molar-refractivity contribution in [2.45, 2.75) is 84.2 Å². The zero-order valence-electron chi connectivity index (χ0n) is 13.6. The minimum atomic E-state index is 0.00725. The Hall–Kier alpha value is -0.0400. The SMILES string of the molecule is CC1CCC(C(O)C2CCC3CCCCC3C2)CC1C. The van der Waals surface area contributed by atoms with E-state index < -0.39 is 0 Å². The fourth-order valence-corrected chi connectivity index (χ4v) is 5.50. The molecule has 116 valence electrons. The third kappa shape index (κ3) is 3.08. The van der Waals surface area contributed by atoms with Crippen LogP contribution in [-0.2, 0) is 0 Å². The Balaban J connectivity index is 1.56. The second kappa shape index (κ2) is 6.38. The van der Waals surface area contributed by atoms with Crippen LogP contribution in [-0.4, -0.2) is 11.2 Å². The largest absolute Gasteiger partial charge is 0.393 e. The van der Waals surface area contributed by atoms with Gasteiger partial charge >= 0.3 is 0 Å². The fourth-order valence-electron chi connectivity index (χ4n) is 5.50. The minimum Gasteiger partial charge on any atom is -0.393 e. The first-order valence-electron chi connectivity index (χ1n) is 9.33. The Kier molecular flexibility index (Phi) is 4.75. The van der Waals surface area contributed by atoms with Crippen LogP contribution >= 0.6 is 0 Å². The number of hydrogen-bond acceptors (Lipinski definition) is 1. The molecule has 7 atom stereocenters. The van der Waals surface area contributed by atoms with E-state index in [1.165, 1.54) is 64.2 Å². The molecule has 0 aromatic rings. The molecule has 3 fully saturated rings. The van der Waals surface area contributed by atoms with Gasteiger partial charge < -0.3 is 5.11 Å². The smallest absolute Gasteiger partial charge is 0.0596 e. The van der Waals surface area contributed by atoms with Crippen molar-refractivity contribution < 1.29 is 5.11 Å². The van der Waals surface area contributed by atoms with Crippen molar-refractivity contribution in [3.05, 3.63) is 0 Å². The van der Waals surface area contributed by atoms with E-state index in [1.54, 1.807) is 0 Å². The molecule has 0 spiro atoms. The van der Waals surface area contributed by atoms with Gasteiger partial charge in [-0.2, -0.15) is 0 Å². The van der Waals surface area contributed by atoms with Gasteiger partial charge in [-0.1, -0.05) is 46.0 Å². The molecule has 1 N–H and O–H groups in total. The Morgan fingerprint density at radius 2 is 1.35 bits per heavy atom. The van der Waals surface area contributed by atoms with E-state index >= 15 is 0 Å². The molecule has 0 aromatic carbocycles. The van der Waals surface area contributed by atoms with Gasteiger partial charge in [0, 0.05) is 0 Å². The third-order valence-corrected chi connectivity index (χ3v) is 7.18. The highest BCUT2D eigenvalue weighted by Gasteiger charge is 2.38. The third-order valence-electron chi connectivity index (χ3n) is 7.18. The number of aliphatic hydroxyl groups is 1. The Labute approximate surface area is 125 Å². The maximum atomic E-state index is 10.9. The maximum absolute atomic E-state index is 10.9. The second-order valence-electron chi connectivity index (χ2n) is 8.40. The standard InChI is InChI=1S/C19H34O/c1-13-7-8-17(11-14(13)2)19(20)18-10-9-15-5-3-4-6-16(15)12-18/h13-20H,3-12H2,1-2H3. The molecule has 20 heavy (non-hydrogen) atoms. The van der Waals surface area contributed by atoms with E-state index in [9.17, 15) is 5.11 Å². The molecule has 0 aromatic heterocycles. The quantitative estimate of drug-likeness (QED) is 0.751. The average molecular weight is 278 g/mol. The summed E-state index contributed by atoms with van der Waals surface area (Å²) in [6.45, 7) is 4.78. The summed E-state index contributed by atoms with van der Waals surface area (Å²) in [5, 5.41) is 10.9. The molecule has 0 heterocycles. The first-order valence-corrected chi connectivity index (χ1v) is 9.33. The molecular formula is C19H34O. The van der Waals surface area contributed by atoms with Gasteiger partial charge in [0.1, 0.15) is 0 Å². The highest BCUT2D eigenvalue weighted by molar-refractivity contribution is 4.89. The molecule has 3 rings (SSSR count). The summed E-state index contributed by atoms with van der Waals surface area (Å²) in [4.78, 5) is 0. The first-order chi connectivity index (χ1) is 9.65. The Morgan fingerprint density at radius 3 is 2.10 bits per heavy atom. The lowest BCUT2D eigenvalue weighted by Gasteiger charge is -2.44. The summed E-state index contributed by atoms with van der Waals surface area (Å²) >= 11 is 0. The van der Waals surface area contributed by atoms with Gasteiger partial charge in [-0.05, 0) is 67.6 Å². The van der Waals surface area contributed by atoms with Crippen LogP contribution < -0.4 is 0 Å². The van der Waals surface area contributed by atoms with E-state index in [4.69, 9.17) is 0 Å². The molecule has 1 nitrogen and oxygen atoms in total. The van der Waals surface area contributed by atoms with Gasteiger partial charge in [0.2, 0.25) is 0 Å². The van der Waals surface area contributed by atoms with Crippen molar-refractivity contribution in [1.82, 2.24) is 0 Å².